The Hall–Kier alpha value is -2.89. The number of phenols is 2. The van der Waals surface area contributed by atoms with Crippen molar-refractivity contribution >= 4 is 21.9 Å². The van der Waals surface area contributed by atoms with E-state index in [1.807, 2.05) is 13.8 Å². The maximum absolute atomic E-state index is 12.9. The first-order chi connectivity index (χ1) is 11.3. The molecule has 4 rings (SSSR count). The number of ether oxygens (including phenoxy) is 1. The zero-order valence-corrected chi connectivity index (χ0v) is 13.2. The number of benzene rings is 2. The highest BCUT2D eigenvalue weighted by molar-refractivity contribution is 5.96. The Bertz CT molecular complexity index is 1060. The van der Waals surface area contributed by atoms with E-state index in [-0.39, 0.29) is 39.2 Å². The predicted octanol–water partition coefficient (Wildman–Crippen LogP) is 2.53. The summed E-state index contributed by atoms with van der Waals surface area (Å²) < 4.78 is 11.4. The van der Waals surface area contributed by atoms with Crippen LogP contribution in [0.1, 0.15) is 25.8 Å². The van der Waals surface area contributed by atoms with Crippen LogP contribution < -0.4 is 15.3 Å². The van der Waals surface area contributed by atoms with Crippen LogP contribution in [0.15, 0.2) is 27.4 Å². The quantitative estimate of drug-likeness (QED) is 0.615. The molecule has 1 aliphatic heterocycles. The normalized spacial score (nSPS) is 16.1. The average molecular weight is 327 g/mol. The number of hydrogen-bond acceptors (Lipinski definition) is 6. The third-order valence-electron chi connectivity index (χ3n) is 4.40. The fourth-order valence-corrected chi connectivity index (χ4v) is 3.24. The van der Waals surface area contributed by atoms with Gasteiger partial charge in [0.05, 0.1) is 10.8 Å². The van der Waals surface area contributed by atoms with Gasteiger partial charge in [0.15, 0.2) is 16.9 Å². The highest BCUT2D eigenvalue weighted by Crippen LogP contribution is 2.43. The number of aromatic hydroxyl groups is 2. The molecule has 0 aliphatic carbocycles. The summed E-state index contributed by atoms with van der Waals surface area (Å²) in [5.41, 5.74) is -0.223. The van der Waals surface area contributed by atoms with Crippen molar-refractivity contribution in [1.82, 2.24) is 0 Å². The molecule has 0 radical (unpaired) electrons. The van der Waals surface area contributed by atoms with Crippen LogP contribution in [0, 0.1) is 0 Å². The average Bonchev–Trinajstić information content (AvgIpc) is 2.46. The maximum Gasteiger partial charge on any atom is 0.200 e. The van der Waals surface area contributed by atoms with E-state index in [1.165, 1.54) is 12.1 Å². The Morgan fingerprint density at radius 2 is 1.83 bits per heavy atom. The molecule has 0 unspecified atom stereocenters. The molecule has 2 heterocycles. The summed E-state index contributed by atoms with van der Waals surface area (Å²) >= 11 is 0. The molecule has 1 aliphatic rings. The second-order valence-electron chi connectivity index (χ2n) is 6.69. The molecular formula is C18H15O6-. The molecule has 124 valence electrons. The van der Waals surface area contributed by atoms with Gasteiger partial charge in [0, 0.05) is 17.7 Å². The van der Waals surface area contributed by atoms with E-state index in [0.29, 0.717) is 18.4 Å². The van der Waals surface area contributed by atoms with Crippen LogP contribution in [-0.4, -0.2) is 15.8 Å². The molecule has 6 nitrogen and oxygen atoms in total. The van der Waals surface area contributed by atoms with Crippen molar-refractivity contribution in [1.29, 1.82) is 0 Å². The third kappa shape index (κ3) is 1.99. The molecule has 0 spiro atoms. The lowest BCUT2D eigenvalue weighted by Gasteiger charge is -2.33. The minimum Gasteiger partial charge on any atom is -0.872 e. The van der Waals surface area contributed by atoms with E-state index < -0.39 is 16.8 Å². The van der Waals surface area contributed by atoms with Crippen molar-refractivity contribution in [2.45, 2.75) is 32.3 Å². The van der Waals surface area contributed by atoms with Crippen LogP contribution in [0.5, 0.6) is 23.0 Å². The zero-order valence-electron chi connectivity index (χ0n) is 13.2. The molecule has 0 amide bonds. The first kappa shape index (κ1) is 14.7. The van der Waals surface area contributed by atoms with E-state index in [4.69, 9.17) is 9.15 Å². The van der Waals surface area contributed by atoms with Crippen LogP contribution >= 0.6 is 0 Å². The molecule has 0 bridgehead atoms. The number of fused-ring (bicyclic) bond motifs is 4. The van der Waals surface area contributed by atoms with Gasteiger partial charge in [-0.05, 0) is 32.8 Å². The Morgan fingerprint density at radius 3 is 2.58 bits per heavy atom. The molecule has 0 saturated carbocycles. The summed E-state index contributed by atoms with van der Waals surface area (Å²) in [7, 11) is 0. The summed E-state index contributed by atoms with van der Waals surface area (Å²) in [6.07, 6.45) is 1.19. The van der Waals surface area contributed by atoms with E-state index in [9.17, 15) is 20.1 Å². The van der Waals surface area contributed by atoms with Gasteiger partial charge in [-0.25, -0.2) is 0 Å². The van der Waals surface area contributed by atoms with E-state index in [1.54, 1.807) is 0 Å². The predicted molar refractivity (Wildman–Crippen MR) is 85.8 cm³/mol. The second-order valence-corrected chi connectivity index (χ2v) is 6.69. The summed E-state index contributed by atoms with van der Waals surface area (Å²) in [6, 6.07) is 3.51. The topological polar surface area (TPSA) is 103 Å². The van der Waals surface area contributed by atoms with Crippen molar-refractivity contribution in [2.24, 2.45) is 0 Å². The van der Waals surface area contributed by atoms with E-state index in [0.717, 1.165) is 6.07 Å². The van der Waals surface area contributed by atoms with Gasteiger partial charge in [-0.2, -0.15) is 0 Å². The summed E-state index contributed by atoms with van der Waals surface area (Å²) in [5.74, 6) is -0.728. The first-order valence-electron chi connectivity index (χ1n) is 7.61. The fourth-order valence-electron chi connectivity index (χ4n) is 3.24. The van der Waals surface area contributed by atoms with Crippen molar-refractivity contribution in [3.05, 3.63) is 34.0 Å². The lowest BCUT2D eigenvalue weighted by Crippen LogP contribution is -2.33. The van der Waals surface area contributed by atoms with Gasteiger partial charge >= 0.3 is 0 Å². The maximum atomic E-state index is 12.9. The fraction of sp³-hybridized carbons (Fsp3) is 0.278. The standard InChI is InChI=1S/C18H16O6/c1-18(2)4-3-9-14-13(7-11(21)17(9)24-18)23-12-6-8(19)5-10(20)15(12)16(14)22/h5-7,19-21H,3-4H2,1-2H3/p-1. The third-order valence-corrected chi connectivity index (χ3v) is 4.40. The molecule has 2 aromatic carbocycles. The van der Waals surface area contributed by atoms with Gasteiger partial charge in [0.1, 0.15) is 22.5 Å². The summed E-state index contributed by atoms with van der Waals surface area (Å²) in [6.45, 7) is 3.81. The first-order valence-corrected chi connectivity index (χ1v) is 7.61. The number of aryl methyl sites for hydroxylation is 1. The van der Waals surface area contributed by atoms with Crippen molar-refractivity contribution in [2.75, 3.05) is 0 Å². The Balaban J connectivity index is 2.16. The number of rotatable bonds is 0. The molecule has 0 fully saturated rings. The minimum absolute atomic E-state index is 0.00564. The summed E-state index contributed by atoms with van der Waals surface area (Å²) in [5, 5.41) is 32.0. The number of phenolic OH excluding ortho intramolecular Hbond substituents is 2. The Morgan fingerprint density at radius 1 is 1.12 bits per heavy atom. The molecule has 0 atom stereocenters. The molecule has 3 aromatic rings. The monoisotopic (exact) mass is 327 g/mol. The van der Waals surface area contributed by atoms with Crippen molar-refractivity contribution in [3.63, 3.8) is 0 Å². The van der Waals surface area contributed by atoms with Crippen molar-refractivity contribution < 1.29 is 24.5 Å². The molecule has 2 N–H and O–H groups in total. The van der Waals surface area contributed by atoms with Gasteiger partial charge in [-0.3, -0.25) is 4.79 Å². The smallest absolute Gasteiger partial charge is 0.200 e. The highest BCUT2D eigenvalue weighted by atomic mass is 16.5. The lowest BCUT2D eigenvalue weighted by molar-refractivity contribution is -0.266. The van der Waals surface area contributed by atoms with Gasteiger partial charge in [0.2, 0.25) is 0 Å². The molecule has 1 aromatic heterocycles. The Labute approximate surface area is 136 Å². The van der Waals surface area contributed by atoms with Crippen LogP contribution in [0.2, 0.25) is 0 Å². The zero-order chi connectivity index (χ0) is 17.2. The van der Waals surface area contributed by atoms with Gasteiger partial charge in [-0.1, -0.05) is 5.75 Å². The van der Waals surface area contributed by atoms with E-state index >= 15 is 0 Å². The van der Waals surface area contributed by atoms with Gasteiger partial charge in [0.25, 0.3) is 0 Å². The van der Waals surface area contributed by atoms with Crippen LogP contribution in [0.3, 0.4) is 0 Å². The Kier molecular flexibility index (Phi) is 2.79. The van der Waals surface area contributed by atoms with Gasteiger partial charge in [-0.15, -0.1) is 0 Å². The highest BCUT2D eigenvalue weighted by Gasteiger charge is 2.31. The molecule has 0 saturated heterocycles. The van der Waals surface area contributed by atoms with E-state index in [2.05, 4.69) is 0 Å². The molecule has 6 heteroatoms. The van der Waals surface area contributed by atoms with Crippen LogP contribution in [-0.2, 0) is 6.42 Å². The van der Waals surface area contributed by atoms with Crippen molar-refractivity contribution in [3.8, 4) is 23.0 Å². The molecular weight excluding hydrogens is 312 g/mol. The largest absolute Gasteiger partial charge is 0.872 e. The van der Waals surface area contributed by atoms with Crippen LogP contribution in [0.25, 0.3) is 21.9 Å². The van der Waals surface area contributed by atoms with Crippen LogP contribution in [0.4, 0.5) is 0 Å². The lowest BCUT2D eigenvalue weighted by atomic mass is 9.91. The number of hydrogen-bond donors (Lipinski definition) is 2. The van der Waals surface area contributed by atoms with Gasteiger partial charge < -0.3 is 24.5 Å². The second kappa shape index (κ2) is 4.56. The molecule has 24 heavy (non-hydrogen) atoms. The SMILES string of the molecule is CC1(C)CCc2c(c(O)cc3oc4cc(O)cc([O-])c4c(=O)c23)O1. The minimum atomic E-state index is -0.598. The summed E-state index contributed by atoms with van der Waals surface area (Å²) in [4.78, 5) is 12.9.